The van der Waals surface area contributed by atoms with Crippen LogP contribution in [0, 0.1) is 0 Å². The van der Waals surface area contributed by atoms with Crippen LogP contribution in [0.15, 0.2) is 121 Å². The standard InChI is InChI=1S/C46H43BrO17/c1-26(48)55-24-33-35(57-27(2)49)37(58-28(3)50)39(41(47)59-33)64-46-40(63-45(54)32-22-14-7-15-23-32)38(62-44(53)31-20-12-6-13-21-31)36(61-43(52)30-18-10-5-11-19-30)34(60-46)25-56-42(51)29-16-8-4-9-17-29/h4-23,33-41,46H,24-25H2,1-3H3/t33-,34-,35-,36-,37+,38+,39+,40+,41+,46-/m1/s1. The van der Waals surface area contributed by atoms with Crippen molar-refractivity contribution >= 4 is 57.7 Å². The molecule has 0 aromatic heterocycles. The van der Waals surface area contributed by atoms with Crippen LogP contribution in [0.25, 0.3) is 0 Å². The Hall–Kier alpha value is -6.47. The number of carbonyl (C=O) groups is 7. The number of benzene rings is 4. The van der Waals surface area contributed by atoms with Gasteiger partial charge in [0.1, 0.15) is 36.5 Å². The van der Waals surface area contributed by atoms with Crippen molar-refractivity contribution in [3.05, 3.63) is 144 Å². The number of alkyl halides is 1. The van der Waals surface area contributed by atoms with Crippen molar-refractivity contribution in [3.63, 3.8) is 0 Å². The van der Waals surface area contributed by atoms with Gasteiger partial charge in [0.05, 0.1) is 22.3 Å². The topological polar surface area (TPSA) is 212 Å². The molecule has 64 heavy (non-hydrogen) atoms. The van der Waals surface area contributed by atoms with Gasteiger partial charge in [0.25, 0.3) is 0 Å². The van der Waals surface area contributed by atoms with E-state index >= 15 is 0 Å². The second kappa shape index (κ2) is 22.2. The van der Waals surface area contributed by atoms with Gasteiger partial charge in [0.15, 0.2) is 36.8 Å². The molecule has 18 heteroatoms. The second-order valence-electron chi connectivity index (χ2n) is 14.3. The maximum absolute atomic E-state index is 14.0. The third-order valence-electron chi connectivity index (χ3n) is 9.66. The van der Waals surface area contributed by atoms with Crippen molar-refractivity contribution in [1.29, 1.82) is 0 Å². The molecule has 2 aliphatic heterocycles. The highest BCUT2D eigenvalue weighted by molar-refractivity contribution is 9.09. The summed E-state index contributed by atoms with van der Waals surface area (Å²) in [5.74, 6) is -6.00. The normalized spacial score (nSPS) is 25.1. The Labute approximate surface area is 375 Å². The van der Waals surface area contributed by atoms with Gasteiger partial charge < -0.3 is 47.4 Å². The number of rotatable bonds is 15. The van der Waals surface area contributed by atoms with Gasteiger partial charge >= 0.3 is 41.8 Å². The Morgan fingerprint density at radius 2 is 0.781 bits per heavy atom. The lowest BCUT2D eigenvalue weighted by atomic mass is 9.96. The Bertz CT molecular complexity index is 2240. The number of carbonyl (C=O) groups excluding carboxylic acids is 7. The highest BCUT2D eigenvalue weighted by atomic mass is 79.9. The Kier molecular flexibility index (Phi) is 16.3. The number of halogens is 1. The van der Waals surface area contributed by atoms with Crippen LogP contribution < -0.4 is 0 Å². The van der Waals surface area contributed by atoms with Crippen LogP contribution in [0.2, 0.25) is 0 Å². The summed E-state index contributed by atoms with van der Waals surface area (Å²) in [7, 11) is 0. The molecule has 2 fully saturated rings. The maximum atomic E-state index is 14.0. The molecule has 0 amide bonds. The molecular weight excluding hydrogens is 904 g/mol. The van der Waals surface area contributed by atoms with Gasteiger partial charge in [0.2, 0.25) is 0 Å². The lowest BCUT2D eigenvalue weighted by Crippen LogP contribution is -2.66. The zero-order valence-electron chi connectivity index (χ0n) is 34.6. The van der Waals surface area contributed by atoms with E-state index in [1.165, 1.54) is 48.5 Å². The molecule has 4 aromatic rings. The smallest absolute Gasteiger partial charge is 0.338 e. The number of hydrogen-bond acceptors (Lipinski definition) is 17. The summed E-state index contributed by atoms with van der Waals surface area (Å²) in [4.78, 5) is 92.3. The average molecular weight is 948 g/mol. The largest absolute Gasteiger partial charge is 0.463 e. The molecule has 2 aliphatic rings. The van der Waals surface area contributed by atoms with Crippen molar-refractivity contribution in [1.82, 2.24) is 0 Å². The summed E-state index contributed by atoms with van der Waals surface area (Å²) in [5, 5.41) is -1.27. The van der Waals surface area contributed by atoms with Crippen molar-refractivity contribution in [2.45, 2.75) is 80.9 Å². The molecule has 0 unspecified atom stereocenters. The molecule has 2 heterocycles. The molecule has 4 aromatic carbocycles. The summed E-state index contributed by atoms with van der Waals surface area (Å²) in [6.07, 6.45) is -14.5. The quantitative estimate of drug-likeness (QED) is 0.0854. The monoisotopic (exact) mass is 946 g/mol. The van der Waals surface area contributed by atoms with E-state index in [1.807, 2.05) is 0 Å². The first kappa shape index (κ1) is 47.0. The third-order valence-corrected chi connectivity index (χ3v) is 10.4. The molecule has 0 bridgehead atoms. The van der Waals surface area contributed by atoms with Crippen molar-refractivity contribution in [2.75, 3.05) is 13.2 Å². The highest BCUT2D eigenvalue weighted by Gasteiger charge is 2.57. The minimum Gasteiger partial charge on any atom is -0.463 e. The van der Waals surface area contributed by atoms with Gasteiger partial charge in [0, 0.05) is 20.8 Å². The summed E-state index contributed by atoms with van der Waals surface area (Å²) in [5.41, 5.74) is 0.346. The predicted octanol–water partition coefficient (Wildman–Crippen LogP) is 5.18. The molecule has 0 N–H and O–H groups in total. The van der Waals surface area contributed by atoms with Crippen LogP contribution >= 0.6 is 15.9 Å². The molecule has 0 spiro atoms. The van der Waals surface area contributed by atoms with Gasteiger partial charge in [-0.2, -0.15) is 0 Å². The lowest BCUT2D eigenvalue weighted by molar-refractivity contribution is -0.332. The van der Waals surface area contributed by atoms with E-state index in [0.29, 0.717) is 0 Å². The summed E-state index contributed by atoms with van der Waals surface area (Å²) >= 11 is 3.40. The second-order valence-corrected chi connectivity index (χ2v) is 15.2. The molecule has 0 radical (unpaired) electrons. The molecule has 0 aliphatic carbocycles. The number of hydrogen-bond donors (Lipinski definition) is 0. The zero-order chi connectivity index (χ0) is 45.8. The van der Waals surface area contributed by atoms with Gasteiger partial charge in [-0.1, -0.05) is 88.7 Å². The first-order chi connectivity index (χ1) is 30.8. The van der Waals surface area contributed by atoms with Gasteiger partial charge in [-0.05, 0) is 48.5 Å². The van der Waals surface area contributed by atoms with E-state index in [4.69, 9.17) is 47.4 Å². The van der Waals surface area contributed by atoms with Gasteiger partial charge in [-0.25, -0.2) is 19.2 Å². The fraction of sp³-hybridized carbons (Fsp3) is 0.326. The Morgan fingerprint density at radius 1 is 0.422 bits per heavy atom. The van der Waals surface area contributed by atoms with E-state index in [-0.39, 0.29) is 22.3 Å². The van der Waals surface area contributed by atoms with Crippen molar-refractivity contribution < 1.29 is 80.9 Å². The van der Waals surface area contributed by atoms with Crippen LogP contribution in [-0.2, 0) is 61.8 Å². The van der Waals surface area contributed by atoms with E-state index in [2.05, 4.69) is 15.9 Å². The van der Waals surface area contributed by atoms with E-state index in [1.54, 1.807) is 72.8 Å². The summed E-state index contributed by atoms with van der Waals surface area (Å²) < 4.78 is 59.6. The first-order valence-electron chi connectivity index (χ1n) is 19.9. The minimum absolute atomic E-state index is 0.0477. The average Bonchev–Trinajstić information content (AvgIpc) is 3.29. The molecule has 6 rings (SSSR count). The summed E-state index contributed by atoms with van der Waals surface area (Å²) in [6, 6.07) is 31.3. The van der Waals surface area contributed by atoms with Crippen molar-refractivity contribution in [2.24, 2.45) is 0 Å². The van der Waals surface area contributed by atoms with Crippen molar-refractivity contribution in [3.8, 4) is 0 Å². The van der Waals surface area contributed by atoms with E-state index in [0.717, 1.165) is 20.8 Å². The zero-order valence-corrected chi connectivity index (χ0v) is 36.1. The SMILES string of the molecule is CC(=O)OC[C@H]1O[C@H](Br)[C@@H](O[C@H]2O[C@H](COC(=O)c3ccccc3)[C@@H](OC(=O)c3ccccc3)[C@H](OC(=O)c3ccccc3)[C@@H]2OC(=O)c2ccccc2)[C@@H](OC(C)=O)[C@@H]1OC(C)=O. The van der Waals surface area contributed by atoms with Crippen LogP contribution in [0.3, 0.4) is 0 Å². The van der Waals surface area contributed by atoms with Gasteiger partial charge in [-0.3, -0.25) is 14.4 Å². The molecule has 0 saturated carbocycles. The molecular formula is C46H43BrO17. The van der Waals surface area contributed by atoms with Crippen LogP contribution in [0.5, 0.6) is 0 Å². The van der Waals surface area contributed by atoms with E-state index < -0.39 is 115 Å². The molecule has 2 saturated heterocycles. The molecule has 17 nitrogen and oxygen atoms in total. The molecule has 336 valence electrons. The fourth-order valence-corrected chi connectivity index (χ4v) is 7.50. The number of ether oxygens (including phenoxy) is 10. The third kappa shape index (κ3) is 12.4. The lowest BCUT2D eigenvalue weighted by Gasteiger charge is -2.48. The molecule has 10 atom stereocenters. The van der Waals surface area contributed by atoms with Crippen LogP contribution in [-0.4, -0.2) is 115 Å². The van der Waals surface area contributed by atoms with Gasteiger partial charge in [-0.15, -0.1) is 0 Å². The first-order valence-corrected chi connectivity index (χ1v) is 20.8. The maximum Gasteiger partial charge on any atom is 0.338 e. The van der Waals surface area contributed by atoms with Crippen LogP contribution in [0.4, 0.5) is 0 Å². The predicted molar refractivity (Wildman–Crippen MR) is 223 cm³/mol. The van der Waals surface area contributed by atoms with E-state index in [9.17, 15) is 33.6 Å². The Morgan fingerprint density at radius 3 is 1.23 bits per heavy atom. The minimum atomic E-state index is -1.87. The Balaban J connectivity index is 1.47. The highest BCUT2D eigenvalue weighted by Crippen LogP contribution is 2.37. The fourth-order valence-electron chi connectivity index (χ4n) is 6.79. The number of esters is 7. The van der Waals surface area contributed by atoms with Crippen LogP contribution in [0.1, 0.15) is 62.2 Å². The summed E-state index contributed by atoms with van der Waals surface area (Å²) in [6.45, 7) is 2.23.